The number of anilines is 1. The summed E-state index contributed by atoms with van der Waals surface area (Å²) in [5.74, 6) is -0.281. The number of halogens is 1. The van der Waals surface area contributed by atoms with E-state index in [-0.39, 0.29) is 63.4 Å². The maximum absolute atomic E-state index is 13.4. The number of benzene rings is 5. The Morgan fingerprint density at radius 3 is 2.08 bits per heavy atom. The number of ether oxygens (including phenoxy) is 4. The Kier molecular flexibility index (Phi) is 10.8. The zero-order valence-electron chi connectivity index (χ0n) is 30.7. The molecule has 0 aliphatic carbocycles. The molecule has 1 amide bonds. The second-order valence-electron chi connectivity index (χ2n) is 14.0. The number of hydrogen-bond acceptors (Lipinski definition) is 13. The van der Waals surface area contributed by atoms with Gasteiger partial charge in [0.15, 0.2) is 10.7 Å². The molecule has 15 nitrogen and oxygen atoms in total. The van der Waals surface area contributed by atoms with Crippen molar-refractivity contribution in [1.29, 1.82) is 0 Å². The highest BCUT2D eigenvalue weighted by Crippen LogP contribution is 2.57. The van der Waals surface area contributed by atoms with Crippen molar-refractivity contribution >= 4 is 46.5 Å². The van der Waals surface area contributed by atoms with Gasteiger partial charge in [-0.2, -0.15) is 0 Å². The van der Waals surface area contributed by atoms with Crippen molar-refractivity contribution < 1.29 is 59.2 Å². The van der Waals surface area contributed by atoms with Gasteiger partial charge >= 0.3 is 5.97 Å². The smallest absolute Gasteiger partial charge is 0.340 e. The zero-order chi connectivity index (χ0) is 41.6. The average molecular weight is 842 g/mol. The lowest BCUT2D eigenvalue weighted by Gasteiger charge is -2.39. The van der Waals surface area contributed by atoms with Gasteiger partial charge in [0.05, 0.1) is 17.2 Å². The molecule has 17 heteroatoms. The first-order valence-electron chi connectivity index (χ1n) is 18.3. The Morgan fingerprint density at radius 1 is 0.780 bits per heavy atom. The topological polar surface area (TPSA) is 229 Å². The second-order valence-corrected chi connectivity index (χ2v) is 14.8. The van der Waals surface area contributed by atoms with Crippen molar-refractivity contribution in [2.75, 3.05) is 25.0 Å². The highest BCUT2D eigenvalue weighted by molar-refractivity contribution is 7.80. The molecule has 3 aliphatic heterocycles. The first-order chi connectivity index (χ1) is 28.4. The van der Waals surface area contributed by atoms with Gasteiger partial charge in [0.2, 0.25) is 6.29 Å². The number of rotatable bonds is 9. The van der Waals surface area contributed by atoms with Gasteiger partial charge in [-0.25, -0.2) is 4.79 Å². The summed E-state index contributed by atoms with van der Waals surface area (Å²) in [6, 6.07) is 25.9. The largest absolute Gasteiger partial charge is 0.508 e. The fourth-order valence-corrected chi connectivity index (χ4v) is 7.74. The van der Waals surface area contributed by atoms with Gasteiger partial charge in [-0.1, -0.05) is 35.9 Å². The van der Waals surface area contributed by atoms with E-state index >= 15 is 0 Å². The summed E-state index contributed by atoms with van der Waals surface area (Å²) in [6.07, 6.45) is -7.22. The number of hydrogen-bond donors (Lipinski definition) is 9. The molecule has 3 aliphatic rings. The van der Waals surface area contributed by atoms with Crippen LogP contribution in [0.25, 0.3) is 11.1 Å². The van der Waals surface area contributed by atoms with Crippen molar-refractivity contribution in [3.63, 3.8) is 0 Å². The van der Waals surface area contributed by atoms with Crippen molar-refractivity contribution in [1.82, 2.24) is 10.6 Å². The van der Waals surface area contributed by atoms with Crippen LogP contribution >= 0.6 is 23.8 Å². The number of fused-ring (bicyclic) bond motifs is 6. The van der Waals surface area contributed by atoms with Crippen LogP contribution in [0, 0.1) is 0 Å². The zero-order valence-corrected chi connectivity index (χ0v) is 32.2. The van der Waals surface area contributed by atoms with E-state index in [4.69, 9.17) is 42.8 Å². The number of esters is 1. The van der Waals surface area contributed by atoms with E-state index in [2.05, 4.69) is 16.0 Å². The Hall–Kier alpha value is -5.98. The maximum atomic E-state index is 13.4. The summed E-state index contributed by atoms with van der Waals surface area (Å²) < 4.78 is 23.2. The number of aliphatic hydroxyl groups excluding tert-OH is 4. The molecular formula is C42H36ClN3O12S. The molecule has 3 heterocycles. The summed E-state index contributed by atoms with van der Waals surface area (Å²) >= 11 is 11.9. The first kappa shape index (κ1) is 39.8. The van der Waals surface area contributed by atoms with Crippen molar-refractivity contribution in [2.45, 2.75) is 36.3 Å². The quantitative estimate of drug-likeness (QED) is 0.0583. The van der Waals surface area contributed by atoms with Crippen LogP contribution in [0.1, 0.15) is 37.4 Å². The molecule has 5 aromatic rings. The highest BCUT2D eigenvalue weighted by Gasteiger charge is 2.54. The summed E-state index contributed by atoms with van der Waals surface area (Å²) in [4.78, 5) is 26.3. The second kappa shape index (κ2) is 16.0. The number of thiocarbonyl (C=S) groups is 1. The van der Waals surface area contributed by atoms with E-state index in [1.54, 1.807) is 72.8 Å². The van der Waals surface area contributed by atoms with Crippen LogP contribution in [0.5, 0.6) is 28.7 Å². The van der Waals surface area contributed by atoms with E-state index < -0.39 is 48.9 Å². The van der Waals surface area contributed by atoms with E-state index in [0.29, 0.717) is 33.5 Å². The minimum absolute atomic E-state index is 0.0406. The normalized spacial score (nSPS) is 21.0. The van der Waals surface area contributed by atoms with Crippen molar-refractivity contribution in [3.8, 4) is 39.9 Å². The Labute approximate surface area is 346 Å². The molecule has 0 aromatic heterocycles. The van der Waals surface area contributed by atoms with Crippen LogP contribution in [0.2, 0.25) is 5.02 Å². The Balaban J connectivity index is 0.852. The highest BCUT2D eigenvalue weighted by atomic mass is 35.5. The molecule has 0 bridgehead atoms. The van der Waals surface area contributed by atoms with E-state index in [0.717, 1.165) is 5.56 Å². The van der Waals surface area contributed by atoms with Crippen LogP contribution in [0.3, 0.4) is 0 Å². The number of carbonyl (C=O) groups is 2. The average Bonchev–Trinajstić information content (AvgIpc) is 3.51. The molecule has 59 heavy (non-hydrogen) atoms. The number of aromatic hydroxyl groups is 2. The standard InChI is InChI=1S/C42H36ClN3O12S/c43-30-15-22(5-12-31(30)56-40-37(52)36(51)35(50)34(19-47)57-40)20-1-3-21(4-2-20)38(53)44-13-14-45-41(59)46-23-6-9-27-26(16-23)39(54)58-42(27)28-10-7-24(48)17-32(28)55-33-18-25(49)8-11-29(33)42/h1-12,15-18,34-37,40,47-52H,13-14,19H2,(H,44,53)(H2,45,46,59)/t34-,35-,36+,37+,40+/m1/s1. The maximum Gasteiger partial charge on any atom is 0.340 e. The molecule has 0 unspecified atom stereocenters. The Bertz CT molecular complexity index is 2420. The van der Waals surface area contributed by atoms with Gasteiger partial charge in [-0.05, 0) is 84.0 Å². The van der Waals surface area contributed by atoms with E-state index in [9.17, 15) is 40.2 Å². The number of phenolic OH excluding ortho intramolecular Hbond substituents is 2. The van der Waals surface area contributed by atoms with Crippen LogP contribution < -0.4 is 25.4 Å². The molecule has 0 saturated carbocycles. The summed E-state index contributed by atoms with van der Waals surface area (Å²) in [6.45, 7) is -0.0734. The fourth-order valence-electron chi connectivity index (χ4n) is 7.29. The monoisotopic (exact) mass is 841 g/mol. The number of carbonyl (C=O) groups excluding carboxylic acids is 2. The van der Waals surface area contributed by atoms with Crippen molar-refractivity contribution in [3.05, 3.63) is 130 Å². The lowest BCUT2D eigenvalue weighted by molar-refractivity contribution is -0.277. The van der Waals surface area contributed by atoms with Gasteiger partial charge in [0, 0.05) is 53.2 Å². The number of amides is 1. The first-order valence-corrected chi connectivity index (χ1v) is 19.1. The number of nitrogens with one attached hydrogen (secondary N) is 3. The van der Waals surface area contributed by atoms with Gasteiger partial charge in [-0.15, -0.1) is 0 Å². The molecule has 1 saturated heterocycles. The van der Waals surface area contributed by atoms with Crippen LogP contribution in [0.15, 0.2) is 97.1 Å². The summed E-state index contributed by atoms with van der Waals surface area (Å²) in [7, 11) is 0. The van der Waals surface area contributed by atoms with Crippen molar-refractivity contribution in [2.24, 2.45) is 0 Å². The lowest BCUT2D eigenvalue weighted by Crippen LogP contribution is -2.60. The third kappa shape index (κ3) is 7.47. The van der Waals surface area contributed by atoms with Gasteiger partial charge in [-0.3, -0.25) is 4.79 Å². The SMILES string of the molecule is O=C(NCCNC(=S)Nc1ccc2c(c1)C(=O)OC21c2ccc(O)cc2Oc2cc(O)ccc21)c1ccc(-c2ccc(O[C@H]3O[C@H](CO)[C@@H](O)[C@H](O)[C@@H]3O)c(Cl)c2)cc1. The number of aliphatic hydroxyl groups is 4. The predicted octanol–water partition coefficient (Wildman–Crippen LogP) is 3.88. The van der Waals surface area contributed by atoms with Crippen LogP contribution in [-0.4, -0.2) is 98.0 Å². The lowest BCUT2D eigenvalue weighted by atomic mass is 9.77. The third-order valence-electron chi connectivity index (χ3n) is 10.2. The molecule has 1 fully saturated rings. The predicted molar refractivity (Wildman–Crippen MR) is 216 cm³/mol. The van der Waals surface area contributed by atoms with Gasteiger partial charge in [0.1, 0.15) is 53.2 Å². The summed E-state index contributed by atoms with van der Waals surface area (Å²) in [5, 5.41) is 69.4. The minimum Gasteiger partial charge on any atom is -0.508 e. The molecule has 5 atom stereocenters. The van der Waals surface area contributed by atoms with E-state index in [1.807, 2.05) is 0 Å². The van der Waals surface area contributed by atoms with Crippen LogP contribution in [-0.2, 0) is 15.1 Å². The van der Waals surface area contributed by atoms with Crippen LogP contribution in [0.4, 0.5) is 5.69 Å². The van der Waals surface area contributed by atoms with Gasteiger partial charge < -0.3 is 65.5 Å². The molecular weight excluding hydrogens is 806 g/mol. The molecule has 8 rings (SSSR count). The summed E-state index contributed by atoms with van der Waals surface area (Å²) in [5.41, 5.74) is 2.85. The minimum atomic E-state index is -1.60. The van der Waals surface area contributed by atoms with E-state index in [1.165, 1.54) is 24.3 Å². The van der Waals surface area contributed by atoms with Gasteiger partial charge in [0.25, 0.3) is 5.91 Å². The Morgan fingerprint density at radius 2 is 1.42 bits per heavy atom. The molecule has 9 N–H and O–H groups in total. The molecule has 304 valence electrons. The molecule has 5 aromatic carbocycles. The fraction of sp³-hybridized carbons (Fsp3) is 0.214. The molecule has 0 radical (unpaired) electrons. The third-order valence-corrected chi connectivity index (χ3v) is 10.8. The molecule has 1 spiro atoms. The number of phenols is 2.